The molecule has 32 heavy (non-hydrogen) atoms. The van der Waals surface area contributed by atoms with Crippen LogP contribution in [0.15, 0.2) is 47.4 Å². The summed E-state index contributed by atoms with van der Waals surface area (Å²) in [4.78, 5) is 48.1. The van der Waals surface area contributed by atoms with Gasteiger partial charge in [0.1, 0.15) is 0 Å². The normalized spacial score (nSPS) is 17.0. The number of imide groups is 1. The number of aromatic nitrogens is 1. The average Bonchev–Trinajstić information content (AvgIpc) is 3.41. The molecule has 0 radical (unpaired) electrons. The van der Waals surface area contributed by atoms with Crippen molar-refractivity contribution in [3.8, 4) is 0 Å². The Morgan fingerprint density at radius 2 is 1.66 bits per heavy atom. The maximum Gasteiger partial charge on any atom is 0.253 e. The van der Waals surface area contributed by atoms with Crippen molar-refractivity contribution in [3.05, 3.63) is 48.0 Å². The molecule has 0 unspecified atom stereocenters. The molecule has 164 valence electrons. The SMILES string of the molecule is CSc1ccc2nc(N3CCN(C(=O)c4ccc(N5C(=O)CCC5=O)cc4)CC3)sc2c1. The third-order valence-electron chi connectivity index (χ3n) is 5.85. The minimum Gasteiger partial charge on any atom is -0.345 e. The monoisotopic (exact) mass is 466 g/mol. The molecule has 2 aliphatic rings. The number of carbonyl (C=O) groups is 3. The van der Waals surface area contributed by atoms with Crippen molar-refractivity contribution >= 4 is 61.9 Å². The van der Waals surface area contributed by atoms with Gasteiger partial charge in [0.2, 0.25) is 11.8 Å². The summed E-state index contributed by atoms with van der Waals surface area (Å²) in [5.74, 6) is -0.418. The first kappa shape index (κ1) is 21.0. The van der Waals surface area contributed by atoms with Gasteiger partial charge in [0.15, 0.2) is 5.13 Å². The van der Waals surface area contributed by atoms with Gasteiger partial charge in [-0.2, -0.15) is 0 Å². The van der Waals surface area contributed by atoms with E-state index in [4.69, 9.17) is 4.98 Å². The van der Waals surface area contributed by atoms with Crippen LogP contribution in [0.25, 0.3) is 10.2 Å². The number of carbonyl (C=O) groups excluding carboxylic acids is 3. The number of hydrogen-bond acceptors (Lipinski definition) is 7. The van der Waals surface area contributed by atoms with Crippen LogP contribution in [0.5, 0.6) is 0 Å². The van der Waals surface area contributed by atoms with Crippen LogP contribution in [-0.2, 0) is 9.59 Å². The smallest absolute Gasteiger partial charge is 0.253 e. The molecule has 9 heteroatoms. The first-order chi connectivity index (χ1) is 15.5. The number of thioether (sulfide) groups is 1. The number of anilines is 2. The summed E-state index contributed by atoms with van der Waals surface area (Å²) in [5, 5.41) is 0.995. The summed E-state index contributed by atoms with van der Waals surface area (Å²) in [6.45, 7) is 2.71. The van der Waals surface area contributed by atoms with Crippen LogP contribution in [0.3, 0.4) is 0 Å². The maximum absolute atomic E-state index is 13.0. The van der Waals surface area contributed by atoms with Gasteiger partial charge in [-0.15, -0.1) is 11.8 Å². The Bertz CT molecular complexity index is 1180. The lowest BCUT2D eigenvalue weighted by Crippen LogP contribution is -2.48. The lowest BCUT2D eigenvalue weighted by Gasteiger charge is -2.34. The van der Waals surface area contributed by atoms with E-state index in [-0.39, 0.29) is 30.6 Å². The zero-order valence-electron chi connectivity index (χ0n) is 17.6. The Balaban J connectivity index is 1.24. The van der Waals surface area contributed by atoms with Crippen LogP contribution in [0.1, 0.15) is 23.2 Å². The van der Waals surface area contributed by atoms with Gasteiger partial charge in [-0.3, -0.25) is 19.3 Å². The molecule has 3 amide bonds. The molecular formula is C23H22N4O3S2. The molecule has 5 rings (SSSR count). The largest absolute Gasteiger partial charge is 0.345 e. The molecule has 2 aliphatic heterocycles. The summed E-state index contributed by atoms with van der Waals surface area (Å²) < 4.78 is 1.18. The second-order valence-electron chi connectivity index (χ2n) is 7.78. The molecule has 0 N–H and O–H groups in total. The van der Waals surface area contributed by atoms with Gasteiger partial charge in [0, 0.05) is 49.5 Å². The highest BCUT2D eigenvalue weighted by atomic mass is 32.2. The average molecular weight is 467 g/mol. The zero-order chi connectivity index (χ0) is 22.2. The van der Waals surface area contributed by atoms with Crippen molar-refractivity contribution < 1.29 is 14.4 Å². The van der Waals surface area contributed by atoms with E-state index in [0.717, 1.165) is 23.7 Å². The number of benzene rings is 2. The Hall–Kier alpha value is -2.91. The number of thiazole rings is 1. The molecule has 0 bridgehead atoms. The molecule has 0 aliphatic carbocycles. The molecule has 7 nitrogen and oxygen atoms in total. The fraction of sp³-hybridized carbons (Fsp3) is 0.304. The number of rotatable bonds is 4. The lowest BCUT2D eigenvalue weighted by molar-refractivity contribution is -0.121. The van der Waals surface area contributed by atoms with Crippen molar-refractivity contribution in [3.63, 3.8) is 0 Å². The second-order valence-corrected chi connectivity index (χ2v) is 9.67. The van der Waals surface area contributed by atoms with E-state index in [1.165, 1.54) is 14.5 Å². The van der Waals surface area contributed by atoms with Crippen LogP contribution in [0.4, 0.5) is 10.8 Å². The first-order valence-electron chi connectivity index (χ1n) is 10.5. The van der Waals surface area contributed by atoms with Crippen molar-refractivity contribution in [2.24, 2.45) is 0 Å². The molecule has 3 aromatic rings. The second kappa shape index (κ2) is 8.55. The molecule has 2 aromatic carbocycles. The van der Waals surface area contributed by atoms with Gasteiger partial charge in [0.25, 0.3) is 5.91 Å². The highest BCUT2D eigenvalue weighted by Gasteiger charge is 2.30. The predicted octanol–water partition coefficient (Wildman–Crippen LogP) is 3.63. The minimum absolute atomic E-state index is 0.0378. The summed E-state index contributed by atoms with van der Waals surface area (Å²) in [6, 6.07) is 13.1. The van der Waals surface area contributed by atoms with Gasteiger partial charge in [-0.25, -0.2) is 4.98 Å². The number of piperazine rings is 1. The Morgan fingerprint density at radius 1 is 0.969 bits per heavy atom. The zero-order valence-corrected chi connectivity index (χ0v) is 19.2. The highest BCUT2D eigenvalue weighted by Crippen LogP contribution is 2.32. The van der Waals surface area contributed by atoms with Crippen LogP contribution in [-0.4, -0.2) is 60.0 Å². The summed E-state index contributed by atoms with van der Waals surface area (Å²) in [5.41, 5.74) is 2.10. The first-order valence-corrected chi connectivity index (χ1v) is 12.5. The van der Waals surface area contributed by atoms with Crippen molar-refractivity contribution in [2.75, 3.05) is 42.2 Å². The van der Waals surface area contributed by atoms with E-state index in [0.29, 0.717) is 24.3 Å². The Labute approximate surface area is 194 Å². The van der Waals surface area contributed by atoms with Crippen LogP contribution < -0.4 is 9.80 Å². The van der Waals surface area contributed by atoms with Gasteiger partial charge < -0.3 is 9.80 Å². The summed E-state index contributed by atoms with van der Waals surface area (Å²) in [6.07, 6.45) is 2.56. The number of amides is 3. The minimum atomic E-state index is -0.190. The molecule has 0 saturated carbocycles. The molecule has 2 saturated heterocycles. The molecule has 3 heterocycles. The number of nitrogens with zero attached hydrogens (tertiary/aromatic N) is 4. The fourth-order valence-corrected chi connectivity index (χ4v) is 5.63. The molecule has 2 fully saturated rings. The van der Waals surface area contributed by atoms with E-state index in [1.54, 1.807) is 47.4 Å². The standard InChI is InChI=1S/C23H22N4O3S2/c1-31-17-6-7-18-19(14-17)32-23(24-18)26-12-10-25(11-13-26)22(30)15-2-4-16(5-3-15)27-20(28)8-9-21(27)29/h2-7,14H,8-13H2,1H3. The van der Waals surface area contributed by atoms with Crippen molar-refractivity contribution in [1.82, 2.24) is 9.88 Å². The number of hydrogen-bond donors (Lipinski definition) is 0. The van der Waals surface area contributed by atoms with Gasteiger partial charge in [-0.1, -0.05) is 11.3 Å². The summed E-state index contributed by atoms with van der Waals surface area (Å²) in [7, 11) is 0. The predicted molar refractivity (Wildman–Crippen MR) is 128 cm³/mol. The topological polar surface area (TPSA) is 73.8 Å². The molecule has 0 atom stereocenters. The van der Waals surface area contributed by atoms with E-state index in [1.807, 2.05) is 4.90 Å². The van der Waals surface area contributed by atoms with Crippen LogP contribution in [0, 0.1) is 0 Å². The van der Waals surface area contributed by atoms with E-state index < -0.39 is 0 Å². The maximum atomic E-state index is 13.0. The Kier molecular flexibility index (Phi) is 5.60. The highest BCUT2D eigenvalue weighted by molar-refractivity contribution is 7.98. The Morgan fingerprint density at radius 3 is 2.31 bits per heavy atom. The van der Waals surface area contributed by atoms with Crippen LogP contribution in [0.2, 0.25) is 0 Å². The van der Waals surface area contributed by atoms with E-state index in [2.05, 4.69) is 29.4 Å². The fourth-order valence-electron chi connectivity index (χ4n) is 4.06. The van der Waals surface area contributed by atoms with Crippen molar-refractivity contribution in [2.45, 2.75) is 17.7 Å². The van der Waals surface area contributed by atoms with Gasteiger partial charge >= 0.3 is 0 Å². The van der Waals surface area contributed by atoms with Crippen LogP contribution >= 0.6 is 23.1 Å². The summed E-state index contributed by atoms with van der Waals surface area (Å²) >= 11 is 3.41. The quantitative estimate of drug-likeness (QED) is 0.432. The molecule has 0 spiro atoms. The van der Waals surface area contributed by atoms with E-state index >= 15 is 0 Å². The molecule has 1 aromatic heterocycles. The van der Waals surface area contributed by atoms with Gasteiger partial charge in [-0.05, 0) is 48.7 Å². The van der Waals surface area contributed by atoms with E-state index in [9.17, 15) is 14.4 Å². The number of fused-ring (bicyclic) bond motifs is 1. The molecular weight excluding hydrogens is 444 g/mol. The third kappa shape index (κ3) is 3.86. The third-order valence-corrected chi connectivity index (χ3v) is 7.65. The van der Waals surface area contributed by atoms with Crippen molar-refractivity contribution in [1.29, 1.82) is 0 Å². The van der Waals surface area contributed by atoms with Gasteiger partial charge in [0.05, 0.1) is 15.9 Å². The lowest BCUT2D eigenvalue weighted by atomic mass is 10.1.